The van der Waals surface area contributed by atoms with Gasteiger partial charge in [0.15, 0.2) is 0 Å². The van der Waals surface area contributed by atoms with E-state index in [1.807, 2.05) is 34.6 Å². The molecule has 0 aliphatic heterocycles. The lowest BCUT2D eigenvalue weighted by atomic mass is 9.90. The molecule has 0 aliphatic rings. The second kappa shape index (κ2) is 6.70. The zero-order valence-electron chi connectivity index (χ0n) is 9.76. The second-order valence-corrected chi connectivity index (χ2v) is 3.75. The molecule has 0 aliphatic carbocycles. The minimum atomic E-state index is -0.452. The van der Waals surface area contributed by atoms with E-state index in [2.05, 4.69) is 18.3 Å². The van der Waals surface area contributed by atoms with Crippen LogP contribution in [-0.2, 0) is 9.31 Å². The van der Waals surface area contributed by atoms with Gasteiger partial charge in [0, 0.05) is 12.2 Å². The van der Waals surface area contributed by atoms with Crippen molar-refractivity contribution in [2.45, 2.75) is 46.8 Å². The van der Waals surface area contributed by atoms with E-state index in [0.717, 1.165) is 5.57 Å². The van der Waals surface area contributed by atoms with E-state index in [4.69, 9.17) is 9.31 Å². The summed E-state index contributed by atoms with van der Waals surface area (Å²) in [5, 5.41) is 0. The fourth-order valence-corrected chi connectivity index (χ4v) is 0.777. The highest BCUT2D eigenvalue weighted by Gasteiger charge is 2.18. The largest absolute Gasteiger partial charge is 0.550 e. The van der Waals surface area contributed by atoms with Crippen molar-refractivity contribution >= 4 is 7.12 Å². The molecule has 0 aromatic rings. The van der Waals surface area contributed by atoms with E-state index >= 15 is 0 Å². The number of rotatable bonds is 4. The fourth-order valence-electron chi connectivity index (χ4n) is 0.777. The van der Waals surface area contributed by atoms with Crippen molar-refractivity contribution in [2.75, 3.05) is 0 Å². The van der Waals surface area contributed by atoms with Crippen LogP contribution in [0.25, 0.3) is 0 Å². The molecule has 0 radical (unpaired) electrons. The van der Waals surface area contributed by atoms with Gasteiger partial charge in [-0.2, -0.15) is 0 Å². The van der Waals surface area contributed by atoms with Gasteiger partial charge in [-0.25, -0.2) is 0 Å². The average Bonchev–Trinajstić information content (AvgIpc) is 1.97. The van der Waals surface area contributed by atoms with Crippen LogP contribution < -0.4 is 0 Å². The molecule has 0 unspecified atom stereocenters. The smallest absolute Gasteiger partial charge is 0.398 e. The van der Waals surface area contributed by atoms with E-state index in [1.165, 1.54) is 0 Å². The number of hydrogen-bond acceptors (Lipinski definition) is 2. The van der Waals surface area contributed by atoms with Gasteiger partial charge in [-0.05, 0) is 40.2 Å². The van der Waals surface area contributed by atoms with Crippen molar-refractivity contribution in [2.24, 2.45) is 0 Å². The van der Waals surface area contributed by atoms with Crippen LogP contribution in [0.4, 0.5) is 0 Å². The van der Waals surface area contributed by atoms with Gasteiger partial charge in [-0.3, -0.25) is 0 Å². The summed E-state index contributed by atoms with van der Waals surface area (Å²) in [6.45, 7) is 13.4. The Balaban J connectivity index is 4.26. The molecular formula is C11H19BO2. The summed E-state index contributed by atoms with van der Waals surface area (Å²) in [5.41, 5.74) is 0.815. The first-order valence-electron chi connectivity index (χ1n) is 4.89. The third kappa shape index (κ3) is 7.91. The van der Waals surface area contributed by atoms with Gasteiger partial charge in [-0.1, -0.05) is 18.3 Å². The molecule has 0 saturated heterocycles. The molecule has 0 amide bonds. The Morgan fingerprint density at radius 1 is 1.14 bits per heavy atom. The molecule has 0 fully saturated rings. The van der Waals surface area contributed by atoms with Crippen molar-refractivity contribution < 1.29 is 9.31 Å². The first-order valence-corrected chi connectivity index (χ1v) is 4.89. The van der Waals surface area contributed by atoms with Crippen LogP contribution in [0.3, 0.4) is 0 Å². The third-order valence-electron chi connectivity index (χ3n) is 1.19. The van der Waals surface area contributed by atoms with E-state index in [1.54, 1.807) is 0 Å². The Morgan fingerprint density at radius 2 is 1.57 bits per heavy atom. The molecule has 0 aromatic heterocycles. The summed E-state index contributed by atoms with van der Waals surface area (Å²) in [6, 6.07) is 0. The SMILES string of the molecule is C=C(C)C#CB(OC(C)C)OC(C)C. The highest BCUT2D eigenvalue weighted by molar-refractivity contribution is 6.54. The molecule has 0 saturated carbocycles. The topological polar surface area (TPSA) is 18.5 Å². The van der Waals surface area contributed by atoms with Gasteiger partial charge >= 0.3 is 7.12 Å². The average molecular weight is 194 g/mol. The molecule has 0 bridgehead atoms. The van der Waals surface area contributed by atoms with Crippen molar-refractivity contribution in [3.63, 3.8) is 0 Å². The van der Waals surface area contributed by atoms with E-state index in [0.29, 0.717) is 0 Å². The first-order chi connectivity index (χ1) is 6.41. The third-order valence-corrected chi connectivity index (χ3v) is 1.19. The molecule has 3 heteroatoms. The molecule has 0 heterocycles. The van der Waals surface area contributed by atoms with Gasteiger partial charge < -0.3 is 9.31 Å². The van der Waals surface area contributed by atoms with Crippen molar-refractivity contribution in [1.82, 2.24) is 0 Å². The molecule has 0 spiro atoms. The summed E-state index contributed by atoms with van der Waals surface area (Å²) in [5.74, 6) is 5.75. The van der Waals surface area contributed by atoms with Gasteiger partial charge in [0.2, 0.25) is 0 Å². The maximum absolute atomic E-state index is 5.47. The standard InChI is InChI=1S/C11H19BO2/c1-9(2)7-8-12(13-10(3)4)14-11(5)6/h10-11H,1H2,2-6H3. The lowest BCUT2D eigenvalue weighted by Gasteiger charge is -2.14. The van der Waals surface area contributed by atoms with Crippen LogP contribution in [0.1, 0.15) is 34.6 Å². The number of hydrogen-bond donors (Lipinski definition) is 0. The van der Waals surface area contributed by atoms with Crippen molar-refractivity contribution in [3.05, 3.63) is 12.2 Å². The molecule has 0 N–H and O–H groups in total. The molecule has 78 valence electrons. The maximum atomic E-state index is 5.47. The Kier molecular flexibility index (Phi) is 6.35. The molecule has 0 aromatic carbocycles. The first kappa shape index (κ1) is 13.3. The Bertz CT molecular complexity index is 225. The minimum absolute atomic E-state index is 0.109. The monoisotopic (exact) mass is 194 g/mol. The van der Waals surface area contributed by atoms with Crippen molar-refractivity contribution in [1.29, 1.82) is 0 Å². The summed E-state index contributed by atoms with van der Waals surface area (Å²) < 4.78 is 10.9. The highest BCUT2D eigenvalue weighted by Crippen LogP contribution is 1.99. The van der Waals surface area contributed by atoms with E-state index in [9.17, 15) is 0 Å². The molecule has 0 rings (SSSR count). The minimum Gasteiger partial charge on any atom is -0.398 e. The van der Waals surface area contributed by atoms with E-state index in [-0.39, 0.29) is 12.2 Å². The summed E-state index contributed by atoms with van der Waals surface area (Å²) in [7, 11) is -0.452. The van der Waals surface area contributed by atoms with Crippen LogP contribution in [0.5, 0.6) is 0 Å². The van der Waals surface area contributed by atoms with Crippen LogP contribution in [-0.4, -0.2) is 19.3 Å². The van der Waals surface area contributed by atoms with Crippen LogP contribution in [0, 0.1) is 11.7 Å². The summed E-state index contributed by atoms with van der Waals surface area (Å²) in [6.07, 6.45) is 0.219. The van der Waals surface area contributed by atoms with Gasteiger partial charge in [0.25, 0.3) is 0 Å². The Morgan fingerprint density at radius 3 is 1.86 bits per heavy atom. The molecule has 0 atom stereocenters. The van der Waals surface area contributed by atoms with E-state index < -0.39 is 7.12 Å². The predicted octanol–water partition coefficient (Wildman–Crippen LogP) is 2.44. The fraction of sp³-hybridized carbons (Fsp3) is 0.636. The molecule has 14 heavy (non-hydrogen) atoms. The predicted molar refractivity (Wildman–Crippen MR) is 60.8 cm³/mol. The maximum Gasteiger partial charge on any atom is 0.550 e. The normalized spacial score (nSPS) is 9.93. The summed E-state index contributed by atoms with van der Waals surface area (Å²) >= 11 is 0. The zero-order chi connectivity index (χ0) is 11.1. The van der Waals surface area contributed by atoms with Crippen LogP contribution in [0.15, 0.2) is 12.2 Å². The Hall–Kier alpha value is -0.715. The van der Waals surface area contributed by atoms with Crippen LogP contribution in [0.2, 0.25) is 0 Å². The lowest BCUT2D eigenvalue weighted by Crippen LogP contribution is -2.28. The van der Waals surface area contributed by atoms with Crippen LogP contribution >= 0.6 is 0 Å². The number of allylic oxidation sites excluding steroid dienone is 1. The van der Waals surface area contributed by atoms with Gasteiger partial charge in [0.05, 0.1) is 0 Å². The lowest BCUT2D eigenvalue weighted by molar-refractivity contribution is 0.140. The van der Waals surface area contributed by atoms with Gasteiger partial charge in [0.1, 0.15) is 0 Å². The van der Waals surface area contributed by atoms with Crippen molar-refractivity contribution in [3.8, 4) is 11.7 Å². The molecular weight excluding hydrogens is 175 g/mol. The second-order valence-electron chi connectivity index (χ2n) is 3.75. The quantitative estimate of drug-likeness (QED) is 0.505. The van der Waals surface area contributed by atoms with Gasteiger partial charge in [-0.15, -0.1) is 0 Å². The Labute approximate surface area is 87.8 Å². The highest BCUT2D eigenvalue weighted by atomic mass is 16.6. The summed E-state index contributed by atoms with van der Waals surface area (Å²) in [4.78, 5) is 0. The molecule has 2 nitrogen and oxygen atoms in total. The zero-order valence-corrected chi connectivity index (χ0v) is 9.76.